The molecule has 1 atom stereocenters. The van der Waals surface area contributed by atoms with Crippen molar-refractivity contribution in [3.05, 3.63) is 0 Å². The van der Waals surface area contributed by atoms with Crippen LogP contribution < -0.4 is 0 Å². The average molecular weight is 165 g/mol. The van der Waals surface area contributed by atoms with Gasteiger partial charge in [0.2, 0.25) is 5.91 Å². The Morgan fingerprint density at radius 1 is 1.75 bits per heavy atom. The molecule has 0 aromatic rings. The van der Waals surface area contributed by atoms with E-state index in [1.807, 2.05) is 6.92 Å². The predicted molar refractivity (Wildman–Crippen MR) is 48.4 cm³/mol. The van der Waals surface area contributed by atoms with Crippen molar-refractivity contribution in [2.45, 2.75) is 19.8 Å². The maximum atomic E-state index is 11.5. The van der Waals surface area contributed by atoms with Crippen LogP contribution in [0.1, 0.15) is 19.8 Å². The minimum Gasteiger partial charge on any atom is -0.334 e. The number of hydrogen-bond donors (Lipinski definition) is 0. The Labute approximate surface area is 73.9 Å². The third-order valence-electron chi connectivity index (χ3n) is 2.42. The second-order valence-corrected chi connectivity index (χ2v) is 3.52. The summed E-state index contributed by atoms with van der Waals surface area (Å²) in [6.07, 6.45) is 7.53. The zero-order valence-electron chi connectivity index (χ0n) is 7.71. The Kier molecular flexibility index (Phi) is 2.75. The Morgan fingerprint density at radius 3 is 2.75 bits per heavy atom. The van der Waals surface area contributed by atoms with Gasteiger partial charge in [-0.1, -0.05) is 12.8 Å². The van der Waals surface area contributed by atoms with Gasteiger partial charge in [-0.25, -0.2) is 0 Å². The number of hydrogen-bond acceptors (Lipinski definition) is 1. The van der Waals surface area contributed by atoms with E-state index in [1.165, 1.54) is 12.8 Å². The first-order valence-electron chi connectivity index (χ1n) is 4.35. The molecular weight excluding hydrogens is 150 g/mol. The molecule has 0 aromatic heterocycles. The smallest absolute Gasteiger partial charge is 0.226 e. The van der Waals surface area contributed by atoms with Crippen LogP contribution in [0.2, 0.25) is 0 Å². The molecule has 0 spiro atoms. The first kappa shape index (κ1) is 9.12. The standard InChI is InChI=1S/C10H15NO/c1-4-7-11(3)10(12)8(2)9-5-6-9/h1,8-9H,5-7H2,2-3H3. The van der Waals surface area contributed by atoms with Gasteiger partial charge in [-0.15, -0.1) is 6.42 Å². The fourth-order valence-electron chi connectivity index (χ4n) is 1.36. The molecule has 1 saturated carbocycles. The van der Waals surface area contributed by atoms with E-state index in [9.17, 15) is 4.79 Å². The summed E-state index contributed by atoms with van der Waals surface area (Å²) in [6.45, 7) is 2.42. The number of rotatable bonds is 3. The number of terminal acetylenes is 1. The van der Waals surface area contributed by atoms with E-state index in [0.29, 0.717) is 12.5 Å². The second-order valence-electron chi connectivity index (χ2n) is 3.52. The molecule has 0 aromatic carbocycles. The third-order valence-corrected chi connectivity index (χ3v) is 2.42. The summed E-state index contributed by atoms with van der Waals surface area (Å²) in [7, 11) is 1.76. The fourth-order valence-corrected chi connectivity index (χ4v) is 1.36. The molecular formula is C10H15NO. The predicted octanol–water partition coefficient (Wildman–Crippen LogP) is 1.12. The van der Waals surface area contributed by atoms with E-state index in [1.54, 1.807) is 11.9 Å². The first-order valence-corrected chi connectivity index (χ1v) is 4.35. The summed E-state index contributed by atoms with van der Waals surface area (Å²) in [6, 6.07) is 0. The Bertz CT molecular complexity index is 212. The number of carbonyl (C=O) groups is 1. The molecule has 1 fully saturated rings. The van der Waals surface area contributed by atoms with Gasteiger partial charge in [-0.3, -0.25) is 4.79 Å². The van der Waals surface area contributed by atoms with Crippen LogP contribution in [0.4, 0.5) is 0 Å². The summed E-state index contributed by atoms with van der Waals surface area (Å²) < 4.78 is 0. The molecule has 1 unspecified atom stereocenters. The topological polar surface area (TPSA) is 20.3 Å². The van der Waals surface area contributed by atoms with Crippen LogP contribution in [-0.4, -0.2) is 24.4 Å². The molecule has 0 aliphatic heterocycles. The normalized spacial score (nSPS) is 18.1. The van der Waals surface area contributed by atoms with Gasteiger partial charge in [0.25, 0.3) is 0 Å². The maximum Gasteiger partial charge on any atom is 0.226 e. The fraction of sp³-hybridized carbons (Fsp3) is 0.700. The summed E-state index contributed by atoms with van der Waals surface area (Å²) >= 11 is 0. The molecule has 0 saturated heterocycles. The van der Waals surface area contributed by atoms with Crippen molar-refractivity contribution in [2.75, 3.05) is 13.6 Å². The molecule has 1 aliphatic rings. The molecule has 12 heavy (non-hydrogen) atoms. The minimum atomic E-state index is 0.170. The molecule has 1 aliphatic carbocycles. The van der Waals surface area contributed by atoms with Gasteiger partial charge in [0.05, 0.1) is 6.54 Å². The molecule has 2 heteroatoms. The van der Waals surface area contributed by atoms with Crippen molar-refractivity contribution >= 4 is 5.91 Å². The SMILES string of the molecule is C#CCN(C)C(=O)C(C)C1CC1. The van der Waals surface area contributed by atoms with E-state index in [2.05, 4.69) is 5.92 Å². The number of amides is 1. The third kappa shape index (κ3) is 2.01. The highest BCUT2D eigenvalue weighted by atomic mass is 16.2. The van der Waals surface area contributed by atoms with Crippen LogP contribution in [0.15, 0.2) is 0 Å². The highest BCUT2D eigenvalue weighted by Crippen LogP contribution is 2.37. The summed E-state index contributed by atoms with van der Waals surface area (Å²) in [5, 5.41) is 0. The molecule has 1 rings (SSSR count). The van der Waals surface area contributed by atoms with Crippen LogP contribution in [0.25, 0.3) is 0 Å². The van der Waals surface area contributed by atoms with Crippen molar-refractivity contribution in [1.29, 1.82) is 0 Å². The number of nitrogens with zero attached hydrogens (tertiary/aromatic N) is 1. The molecule has 0 heterocycles. The lowest BCUT2D eigenvalue weighted by Gasteiger charge is -2.18. The molecule has 1 amide bonds. The van der Waals surface area contributed by atoms with Gasteiger partial charge in [0.1, 0.15) is 0 Å². The lowest BCUT2D eigenvalue weighted by atomic mass is 10.1. The summed E-state index contributed by atoms with van der Waals surface area (Å²) in [5.74, 6) is 3.45. The van der Waals surface area contributed by atoms with E-state index >= 15 is 0 Å². The van der Waals surface area contributed by atoms with Crippen LogP contribution in [0, 0.1) is 24.2 Å². The van der Waals surface area contributed by atoms with Crippen molar-refractivity contribution in [3.63, 3.8) is 0 Å². The summed E-state index contributed by atoms with van der Waals surface area (Å²) in [4.78, 5) is 13.2. The zero-order valence-corrected chi connectivity index (χ0v) is 7.71. The first-order chi connectivity index (χ1) is 5.66. The van der Waals surface area contributed by atoms with Gasteiger partial charge >= 0.3 is 0 Å². The monoisotopic (exact) mass is 165 g/mol. The zero-order chi connectivity index (χ0) is 9.14. The van der Waals surface area contributed by atoms with Gasteiger partial charge in [0.15, 0.2) is 0 Å². The molecule has 0 N–H and O–H groups in total. The Hall–Kier alpha value is -0.970. The molecule has 0 bridgehead atoms. The lowest BCUT2D eigenvalue weighted by molar-refractivity contribution is -0.133. The van der Waals surface area contributed by atoms with E-state index in [-0.39, 0.29) is 11.8 Å². The highest BCUT2D eigenvalue weighted by Gasteiger charge is 2.33. The van der Waals surface area contributed by atoms with E-state index < -0.39 is 0 Å². The van der Waals surface area contributed by atoms with Crippen molar-refractivity contribution in [2.24, 2.45) is 11.8 Å². The summed E-state index contributed by atoms with van der Waals surface area (Å²) in [5.41, 5.74) is 0. The quantitative estimate of drug-likeness (QED) is 0.574. The van der Waals surface area contributed by atoms with Crippen LogP contribution >= 0.6 is 0 Å². The Balaban J connectivity index is 2.40. The highest BCUT2D eigenvalue weighted by molar-refractivity contribution is 5.79. The average Bonchev–Trinajstić information content (AvgIpc) is 2.84. The van der Waals surface area contributed by atoms with Gasteiger partial charge < -0.3 is 4.90 Å². The Morgan fingerprint density at radius 2 is 2.33 bits per heavy atom. The number of carbonyl (C=O) groups excluding carboxylic acids is 1. The van der Waals surface area contributed by atoms with E-state index in [0.717, 1.165) is 0 Å². The minimum absolute atomic E-state index is 0.170. The van der Waals surface area contributed by atoms with Crippen molar-refractivity contribution in [1.82, 2.24) is 4.90 Å². The molecule has 0 radical (unpaired) electrons. The van der Waals surface area contributed by atoms with Crippen molar-refractivity contribution in [3.8, 4) is 12.3 Å². The van der Waals surface area contributed by atoms with Crippen LogP contribution in [0.5, 0.6) is 0 Å². The molecule has 66 valence electrons. The molecule has 2 nitrogen and oxygen atoms in total. The largest absolute Gasteiger partial charge is 0.334 e. The van der Waals surface area contributed by atoms with Gasteiger partial charge in [-0.05, 0) is 18.8 Å². The van der Waals surface area contributed by atoms with Gasteiger partial charge in [0, 0.05) is 13.0 Å². The van der Waals surface area contributed by atoms with Crippen molar-refractivity contribution < 1.29 is 4.79 Å². The van der Waals surface area contributed by atoms with Crippen LogP contribution in [0.3, 0.4) is 0 Å². The maximum absolute atomic E-state index is 11.5. The van der Waals surface area contributed by atoms with Crippen LogP contribution in [-0.2, 0) is 4.79 Å². The lowest BCUT2D eigenvalue weighted by Crippen LogP contribution is -2.32. The van der Waals surface area contributed by atoms with E-state index in [4.69, 9.17) is 6.42 Å². The second kappa shape index (κ2) is 3.62. The van der Waals surface area contributed by atoms with Gasteiger partial charge in [-0.2, -0.15) is 0 Å².